The van der Waals surface area contributed by atoms with Crippen LogP contribution in [0.15, 0.2) is 66.2 Å². The van der Waals surface area contributed by atoms with Gasteiger partial charge in [-0.05, 0) is 61.4 Å². The molecule has 1 aliphatic carbocycles. The molecule has 3 fully saturated rings. The van der Waals surface area contributed by atoms with Gasteiger partial charge in [0, 0.05) is 42.1 Å². The van der Waals surface area contributed by atoms with E-state index in [0.717, 1.165) is 31.2 Å². The van der Waals surface area contributed by atoms with Gasteiger partial charge in [0.25, 0.3) is 11.8 Å². The SMILES string of the molecule is O=C(NC1CC1)c1ccc(N(C(=O)C2CSC(C3CCOCC3)N2C(=O)OCc2ccccc2)c2nccs2)cc1. The van der Waals surface area contributed by atoms with Crippen LogP contribution in [0.2, 0.25) is 0 Å². The maximum atomic E-state index is 14.4. The molecule has 2 aromatic carbocycles. The van der Waals surface area contributed by atoms with Crippen LogP contribution in [-0.4, -0.2) is 64.2 Å². The van der Waals surface area contributed by atoms with Crippen molar-refractivity contribution in [3.63, 3.8) is 0 Å². The number of benzene rings is 2. The number of carbonyl (C=O) groups is 3. The predicted octanol–water partition coefficient (Wildman–Crippen LogP) is 5.21. The van der Waals surface area contributed by atoms with Crippen LogP contribution in [-0.2, 0) is 20.9 Å². The zero-order valence-electron chi connectivity index (χ0n) is 22.5. The average Bonchev–Trinajstić information content (AvgIpc) is 3.46. The van der Waals surface area contributed by atoms with Gasteiger partial charge in [-0.2, -0.15) is 0 Å². The Labute approximate surface area is 247 Å². The number of hydrogen-bond acceptors (Lipinski definition) is 8. The molecule has 9 nitrogen and oxygen atoms in total. The van der Waals surface area contributed by atoms with Crippen molar-refractivity contribution in [1.29, 1.82) is 0 Å². The molecule has 1 saturated carbocycles. The molecule has 3 aromatic rings. The van der Waals surface area contributed by atoms with Crippen LogP contribution < -0.4 is 10.2 Å². The van der Waals surface area contributed by atoms with E-state index in [9.17, 15) is 14.4 Å². The molecule has 0 bridgehead atoms. The van der Waals surface area contributed by atoms with Crippen LogP contribution in [0.4, 0.5) is 15.6 Å². The fourth-order valence-corrected chi connectivity index (χ4v) is 7.46. The molecule has 2 saturated heterocycles. The zero-order chi connectivity index (χ0) is 28.2. The molecule has 3 amide bonds. The average molecular weight is 593 g/mol. The Balaban J connectivity index is 1.26. The lowest BCUT2D eigenvalue weighted by atomic mass is 9.98. The van der Waals surface area contributed by atoms with Crippen molar-refractivity contribution in [2.24, 2.45) is 5.92 Å². The summed E-state index contributed by atoms with van der Waals surface area (Å²) in [4.78, 5) is 48.2. The van der Waals surface area contributed by atoms with Gasteiger partial charge in [0.1, 0.15) is 12.6 Å². The van der Waals surface area contributed by atoms with Crippen molar-refractivity contribution in [3.8, 4) is 0 Å². The number of thiazole rings is 1. The quantitative estimate of drug-likeness (QED) is 0.383. The molecular weight excluding hydrogens is 560 g/mol. The Morgan fingerprint density at radius 2 is 1.78 bits per heavy atom. The van der Waals surface area contributed by atoms with Crippen LogP contribution in [0.5, 0.6) is 0 Å². The number of hydrogen-bond donors (Lipinski definition) is 1. The predicted molar refractivity (Wildman–Crippen MR) is 158 cm³/mol. The van der Waals surface area contributed by atoms with E-state index in [4.69, 9.17) is 9.47 Å². The summed E-state index contributed by atoms with van der Waals surface area (Å²) in [6, 6.07) is 16.0. The fraction of sp³-hybridized carbons (Fsp3) is 0.400. The highest BCUT2D eigenvalue weighted by atomic mass is 32.2. The molecule has 2 unspecified atom stereocenters. The smallest absolute Gasteiger partial charge is 0.411 e. The lowest BCUT2D eigenvalue weighted by Gasteiger charge is -2.35. The van der Waals surface area contributed by atoms with Crippen LogP contribution in [0.3, 0.4) is 0 Å². The number of nitrogens with zero attached hydrogens (tertiary/aromatic N) is 3. The lowest BCUT2D eigenvalue weighted by Crippen LogP contribution is -2.52. The van der Waals surface area contributed by atoms with Crippen molar-refractivity contribution in [1.82, 2.24) is 15.2 Å². The first-order valence-electron chi connectivity index (χ1n) is 13.9. The van der Waals surface area contributed by atoms with E-state index in [0.29, 0.717) is 35.3 Å². The molecule has 2 aliphatic heterocycles. The van der Waals surface area contributed by atoms with Crippen LogP contribution >= 0.6 is 23.1 Å². The van der Waals surface area contributed by atoms with E-state index in [1.165, 1.54) is 11.3 Å². The highest BCUT2D eigenvalue weighted by molar-refractivity contribution is 8.00. The van der Waals surface area contributed by atoms with E-state index >= 15 is 0 Å². The molecule has 1 N–H and O–H groups in total. The highest BCUT2D eigenvalue weighted by Gasteiger charge is 2.48. The summed E-state index contributed by atoms with van der Waals surface area (Å²) in [5, 5.41) is 5.12. The van der Waals surface area contributed by atoms with Crippen LogP contribution in [0.25, 0.3) is 0 Å². The lowest BCUT2D eigenvalue weighted by molar-refractivity contribution is -0.122. The molecule has 2 atom stereocenters. The third-order valence-corrected chi connectivity index (χ3v) is 9.75. The maximum absolute atomic E-state index is 14.4. The van der Waals surface area contributed by atoms with Crippen molar-refractivity contribution >= 4 is 51.8 Å². The van der Waals surface area contributed by atoms with Crippen molar-refractivity contribution in [3.05, 3.63) is 77.3 Å². The van der Waals surface area contributed by atoms with Gasteiger partial charge in [-0.15, -0.1) is 23.1 Å². The van der Waals surface area contributed by atoms with E-state index in [1.54, 1.807) is 52.0 Å². The standard InChI is InChI=1S/C30H32N4O5S2/c35-26(32-23-8-9-23)21-6-10-24(11-7-21)33(29-31-14-17-40-29)27(36)25-19-41-28(22-12-15-38-16-13-22)34(25)30(37)39-18-20-4-2-1-3-5-20/h1-7,10-11,14,17,22-23,25,28H,8-9,12-13,15-16,18-19H2,(H,32,35). The second kappa shape index (κ2) is 12.6. The molecule has 0 radical (unpaired) electrons. The number of amides is 3. The molecule has 0 spiro atoms. The number of anilines is 2. The van der Waals surface area contributed by atoms with Gasteiger partial charge >= 0.3 is 6.09 Å². The highest BCUT2D eigenvalue weighted by Crippen LogP contribution is 2.41. The van der Waals surface area contributed by atoms with Gasteiger partial charge in [-0.25, -0.2) is 9.78 Å². The number of ether oxygens (including phenoxy) is 2. The Bertz CT molecular complexity index is 1340. The monoisotopic (exact) mass is 592 g/mol. The molecule has 1 aromatic heterocycles. The van der Waals surface area contributed by atoms with Gasteiger partial charge in [0.15, 0.2) is 5.13 Å². The van der Waals surface area contributed by atoms with Gasteiger partial charge in [-0.1, -0.05) is 30.3 Å². The Morgan fingerprint density at radius 3 is 2.46 bits per heavy atom. The van der Waals surface area contributed by atoms with Crippen molar-refractivity contribution in [2.45, 2.75) is 49.7 Å². The first kappa shape index (κ1) is 27.7. The summed E-state index contributed by atoms with van der Waals surface area (Å²) in [6.07, 6.45) is 4.81. The first-order chi connectivity index (χ1) is 20.1. The van der Waals surface area contributed by atoms with Crippen molar-refractivity contribution in [2.75, 3.05) is 23.9 Å². The van der Waals surface area contributed by atoms with E-state index in [-0.39, 0.29) is 35.8 Å². The van der Waals surface area contributed by atoms with Crippen LogP contribution in [0.1, 0.15) is 41.6 Å². The largest absolute Gasteiger partial charge is 0.445 e. The third-order valence-electron chi connectivity index (χ3n) is 7.54. The van der Waals surface area contributed by atoms with Gasteiger partial charge in [0.2, 0.25) is 0 Å². The summed E-state index contributed by atoms with van der Waals surface area (Å²) in [5.74, 6) is 0.276. The zero-order valence-corrected chi connectivity index (χ0v) is 24.1. The minimum atomic E-state index is -0.738. The Morgan fingerprint density at radius 1 is 1.02 bits per heavy atom. The number of carbonyl (C=O) groups excluding carboxylic acids is 3. The number of nitrogens with one attached hydrogen (secondary N) is 1. The molecule has 41 heavy (non-hydrogen) atoms. The van der Waals surface area contributed by atoms with Gasteiger partial charge in [-0.3, -0.25) is 19.4 Å². The number of thioether (sulfide) groups is 1. The third kappa shape index (κ3) is 6.42. The summed E-state index contributed by atoms with van der Waals surface area (Å²) < 4.78 is 11.4. The molecule has 3 aliphatic rings. The number of aromatic nitrogens is 1. The van der Waals surface area contributed by atoms with Crippen LogP contribution in [0, 0.1) is 5.92 Å². The molecular formula is C30H32N4O5S2. The molecule has 214 valence electrons. The summed E-state index contributed by atoms with van der Waals surface area (Å²) in [7, 11) is 0. The Hall–Kier alpha value is -3.41. The van der Waals surface area contributed by atoms with E-state index < -0.39 is 12.1 Å². The normalized spacial score (nSPS) is 20.9. The van der Waals surface area contributed by atoms with E-state index in [1.807, 2.05) is 35.7 Å². The van der Waals surface area contributed by atoms with Gasteiger partial charge < -0.3 is 14.8 Å². The summed E-state index contributed by atoms with van der Waals surface area (Å²) in [6.45, 7) is 1.40. The number of rotatable bonds is 8. The summed E-state index contributed by atoms with van der Waals surface area (Å²) in [5.41, 5.74) is 2.01. The first-order valence-corrected chi connectivity index (χ1v) is 15.8. The van der Waals surface area contributed by atoms with E-state index in [2.05, 4.69) is 10.3 Å². The fourth-order valence-electron chi connectivity index (χ4n) is 5.17. The second-order valence-corrected chi connectivity index (χ2v) is 12.4. The van der Waals surface area contributed by atoms with Gasteiger partial charge in [0.05, 0.1) is 11.1 Å². The minimum Gasteiger partial charge on any atom is -0.445 e. The maximum Gasteiger partial charge on any atom is 0.411 e. The Kier molecular flexibility index (Phi) is 8.54. The minimum absolute atomic E-state index is 0.120. The molecule has 11 heteroatoms. The molecule has 6 rings (SSSR count). The summed E-state index contributed by atoms with van der Waals surface area (Å²) >= 11 is 2.97. The second-order valence-electron chi connectivity index (χ2n) is 10.4. The molecule has 3 heterocycles. The topological polar surface area (TPSA) is 101 Å². The van der Waals surface area contributed by atoms with Crippen molar-refractivity contribution < 1.29 is 23.9 Å².